The van der Waals surface area contributed by atoms with Crippen molar-refractivity contribution in [2.45, 2.75) is 64.3 Å². The van der Waals surface area contributed by atoms with Gasteiger partial charge in [0.05, 0.1) is 0 Å². The molecular weight excluding hydrogens is 248 g/mol. The Labute approximate surface area is 115 Å². The third kappa shape index (κ3) is 19.4. The van der Waals surface area contributed by atoms with Crippen molar-refractivity contribution in [3.05, 3.63) is 0 Å². The van der Waals surface area contributed by atoms with Gasteiger partial charge in [0.2, 0.25) is 0 Å². The maximum absolute atomic E-state index is 9.99. The summed E-state index contributed by atoms with van der Waals surface area (Å²) in [5, 5.41) is 16.3. The van der Waals surface area contributed by atoms with Crippen LogP contribution < -0.4 is 11.5 Å². The van der Waals surface area contributed by atoms with Gasteiger partial charge in [-0.05, 0) is 19.4 Å². The van der Waals surface area contributed by atoms with E-state index in [1.165, 1.54) is 38.5 Å². The van der Waals surface area contributed by atoms with E-state index in [2.05, 4.69) is 6.92 Å². The molecule has 0 bridgehead atoms. The molecule has 0 rings (SSSR count). The smallest absolute Gasteiger partial charge is 0.320 e. The second-order valence-corrected chi connectivity index (χ2v) is 4.43. The summed E-state index contributed by atoms with van der Waals surface area (Å²) < 4.78 is 0. The van der Waals surface area contributed by atoms with E-state index in [1.807, 2.05) is 0 Å². The first-order valence-electron chi connectivity index (χ1n) is 6.85. The molecule has 114 valence electrons. The largest absolute Gasteiger partial charge is 0.481 e. The van der Waals surface area contributed by atoms with Gasteiger partial charge in [-0.1, -0.05) is 39.0 Å². The molecule has 0 aliphatic carbocycles. The molecule has 6 N–H and O–H groups in total. The summed E-state index contributed by atoms with van der Waals surface area (Å²) in [6.07, 6.45) is 7.83. The Bertz CT molecular complexity index is 229. The lowest BCUT2D eigenvalue weighted by Crippen LogP contribution is -2.30. The predicted molar refractivity (Wildman–Crippen MR) is 74.9 cm³/mol. The number of hydrogen-bond acceptors (Lipinski definition) is 4. The first-order chi connectivity index (χ1) is 8.95. The highest BCUT2D eigenvalue weighted by Gasteiger charge is 2.12. The molecule has 0 saturated carbocycles. The van der Waals surface area contributed by atoms with Crippen LogP contribution in [0.15, 0.2) is 0 Å². The summed E-state index contributed by atoms with van der Waals surface area (Å²) in [5.41, 5.74) is 10.3. The van der Waals surface area contributed by atoms with E-state index in [9.17, 15) is 9.59 Å². The Morgan fingerprint density at radius 1 is 1.05 bits per heavy atom. The fraction of sp³-hybridized carbons (Fsp3) is 0.846. The van der Waals surface area contributed by atoms with Crippen LogP contribution in [-0.2, 0) is 9.59 Å². The van der Waals surface area contributed by atoms with Gasteiger partial charge in [-0.25, -0.2) is 0 Å². The number of unbranched alkanes of at least 4 members (excludes halogenated alkanes) is 5. The standard InChI is InChI=1S/C8H19N.C5H9NO4/c1-2-3-4-5-6-7-8-9;6-3(5(9)10)1-2-4(7)8/h2-9H2,1H3;3H,1-2,6H2,(H,7,8)(H,9,10)/t;3-/m.0/s1. The van der Waals surface area contributed by atoms with Crippen molar-refractivity contribution in [1.29, 1.82) is 0 Å². The van der Waals surface area contributed by atoms with E-state index in [0.717, 1.165) is 6.54 Å². The van der Waals surface area contributed by atoms with Crippen molar-refractivity contribution in [2.75, 3.05) is 6.54 Å². The minimum atomic E-state index is -1.17. The molecule has 0 radical (unpaired) electrons. The summed E-state index contributed by atoms with van der Waals surface area (Å²) in [7, 11) is 0. The van der Waals surface area contributed by atoms with E-state index in [4.69, 9.17) is 21.7 Å². The molecule has 0 aromatic heterocycles. The Balaban J connectivity index is 0. The lowest BCUT2D eigenvalue weighted by molar-refractivity contribution is -0.139. The van der Waals surface area contributed by atoms with Gasteiger partial charge in [-0.3, -0.25) is 9.59 Å². The third-order valence-electron chi connectivity index (χ3n) is 2.54. The summed E-state index contributed by atoms with van der Waals surface area (Å²) in [6.45, 7) is 3.11. The number of carboxylic acids is 2. The topological polar surface area (TPSA) is 127 Å². The number of carbonyl (C=O) groups is 2. The molecule has 0 unspecified atom stereocenters. The molecule has 0 fully saturated rings. The van der Waals surface area contributed by atoms with Gasteiger partial charge >= 0.3 is 11.9 Å². The fourth-order valence-electron chi connectivity index (χ4n) is 1.33. The van der Waals surface area contributed by atoms with Crippen molar-refractivity contribution in [3.63, 3.8) is 0 Å². The molecule has 0 amide bonds. The third-order valence-corrected chi connectivity index (χ3v) is 2.54. The van der Waals surface area contributed by atoms with Gasteiger partial charge in [0, 0.05) is 6.42 Å². The van der Waals surface area contributed by atoms with Gasteiger partial charge < -0.3 is 21.7 Å². The fourth-order valence-corrected chi connectivity index (χ4v) is 1.33. The van der Waals surface area contributed by atoms with Crippen molar-refractivity contribution in [1.82, 2.24) is 0 Å². The maximum Gasteiger partial charge on any atom is 0.320 e. The van der Waals surface area contributed by atoms with E-state index < -0.39 is 18.0 Å². The quantitative estimate of drug-likeness (QED) is 0.448. The Kier molecular flexibility index (Phi) is 15.8. The summed E-state index contributed by atoms with van der Waals surface area (Å²) >= 11 is 0. The van der Waals surface area contributed by atoms with Crippen molar-refractivity contribution in [3.8, 4) is 0 Å². The summed E-state index contributed by atoms with van der Waals surface area (Å²) in [5.74, 6) is -2.20. The van der Waals surface area contributed by atoms with Crippen LogP contribution in [0.4, 0.5) is 0 Å². The van der Waals surface area contributed by atoms with Crippen LogP contribution in [0.5, 0.6) is 0 Å². The van der Waals surface area contributed by atoms with Gasteiger partial charge in [-0.15, -0.1) is 0 Å². The first-order valence-corrected chi connectivity index (χ1v) is 6.85. The highest BCUT2D eigenvalue weighted by molar-refractivity contribution is 5.74. The van der Waals surface area contributed by atoms with Gasteiger partial charge in [0.1, 0.15) is 6.04 Å². The number of nitrogens with two attached hydrogens (primary N) is 2. The Morgan fingerprint density at radius 3 is 2.00 bits per heavy atom. The van der Waals surface area contributed by atoms with E-state index >= 15 is 0 Å². The molecule has 1 atom stereocenters. The first kappa shape index (κ1) is 20.2. The van der Waals surface area contributed by atoms with Crippen molar-refractivity contribution in [2.24, 2.45) is 11.5 Å². The SMILES string of the molecule is CCCCCCCCN.N[C@@H](CCC(=O)O)C(=O)O. The Morgan fingerprint density at radius 2 is 1.58 bits per heavy atom. The second kappa shape index (κ2) is 14.9. The van der Waals surface area contributed by atoms with Gasteiger partial charge in [0.25, 0.3) is 0 Å². The zero-order chi connectivity index (χ0) is 15.1. The predicted octanol–water partition coefficient (Wildman–Crippen LogP) is 1.57. The number of aliphatic carboxylic acids is 2. The van der Waals surface area contributed by atoms with Crippen LogP contribution in [-0.4, -0.2) is 34.7 Å². The van der Waals surface area contributed by atoms with Crippen LogP contribution in [0.2, 0.25) is 0 Å². The lowest BCUT2D eigenvalue weighted by Gasteiger charge is -2.01. The maximum atomic E-state index is 9.99. The van der Waals surface area contributed by atoms with Gasteiger partial charge in [0.15, 0.2) is 0 Å². The van der Waals surface area contributed by atoms with E-state index in [0.29, 0.717) is 0 Å². The zero-order valence-corrected chi connectivity index (χ0v) is 11.8. The van der Waals surface area contributed by atoms with Crippen LogP contribution in [0.1, 0.15) is 58.3 Å². The average Bonchev–Trinajstić information content (AvgIpc) is 2.36. The zero-order valence-electron chi connectivity index (χ0n) is 11.8. The van der Waals surface area contributed by atoms with Crippen LogP contribution in [0.25, 0.3) is 0 Å². The molecule has 0 aromatic carbocycles. The highest BCUT2D eigenvalue weighted by atomic mass is 16.4. The van der Waals surface area contributed by atoms with Crippen LogP contribution in [0, 0.1) is 0 Å². The molecule has 0 heterocycles. The molecule has 0 spiro atoms. The molecule has 6 heteroatoms. The number of hydrogen-bond donors (Lipinski definition) is 4. The normalized spacial score (nSPS) is 11.3. The lowest BCUT2D eigenvalue weighted by atomic mass is 10.1. The molecule has 0 aliphatic rings. The molecule has 19 heavy (non-hydrogen) atoms. The van der Waals surface area contributed by atoms with E-state index in [1.54, 1.807) is 0 Å². The average molecular weight is 276 g/mol. The molecular formula is C13H28N2O4. The van der Waals surface area contributed by atoms with E-state index in [-0.39, 0.29) is 12.8 Å². The number of rotatable bonds is 10. The van der Waals surface area contributed by atoms with Crippen LogP contribution in [0.3, 0.4) is 0 Å². The second-order valence-electron chi connectivity index (χ2n) is 4.43. The molecule has 0 aliphatic heterocycles. The molecule has 0 aromatic rings. The summed E-state index contributed by atoms with van der Waals surface area (Å²) in [4.78, 5) is 19.9. The minimum absolute atomic E-state index is 0.0231. The van der Waals surface area contributed by atoms with Crippen molar-refractivity contribution >= 4 is 11.9 Å². The summed E-state index contributed by atoms with van der Waals surface area (Å²) in [6, 6.07) is -1.06. The monoisotopic (exact) mass is 276 g/mol. The van der Waals surface area contributed by atoms with Crippen LogP contribution >= 0.6 is 0 Å². The highest BCUT2D eigenvalue weighted by Crippen LogP contribution is 2.03. The van der Waals surface area contributed by atoms with Gasteiger partial charge in [-0.2, -0.15) is 0 Å². The van der Waals surface area contributed by atoms with Crippen molar-refractivity contribution < 1.29 is 19.8 Å². The molecule has 6 nitrogen and oxygen atoms in total. The minimum Gasteiger partial charge on any atom is -0.481 e. The number of carboxylic acid groups (broad SMARTS) is 2. The molecule has 0 saturated heterocycles. The Hall–Kier alpha value is -1.14.